The van der Waals surface area contributed by atoms with Crippen LogP contribution in [0.25, 0.3) is 0 Å². The van der Waals surface area contributed by atoms with Crippen LogP contribution in [-0.4, -0.2) is 36.5 Å². The monoisotopic (exact) mass is 799 g/mol. The minimum atomic E-state index is -0.191. The van der Waals surface area contributed by atoms with Crippen molar-refractivity contribution in [3.8, 4) is 0 Å². The number of carbonyl (C=O) groups is 1. The van der Waals surface area contributed by atoms with E-state index in [9.17, 15) is 9.90 Å². The number of carbonyl (C=O) groups excluding carboxylic acids is 1. The molecule has 3 fully saturated rings. The van der Waals surface area contributed by atoms with Crippen LogP contribution in [0.2, 0.25) is 0 Å². The summed E-state index contributed by atoms with van der Waals surface area (Å²) in [5, 5.41) is 13.5. The molecule has 9 atom stereocenters. The van der Waals surface area contributed by atoms with Gasteiger partial charge < -0.3 is 20.9 Å². The normalized spacial score (nSPS) is 29.8. The summed E-state index contributed by atoms with van der Waals surface area (Å²) in [6.07, 6.45) is 41.1. The van der Waals surface area contributed by atoms with Gasteiger partial charge in [0.25, 0.3) is 0 Å². The number of alkyl carbamates (subject to hydrolysis) is 1. The molecule has 0 aromatic heterocycles. The van der Waals surface area contributed by atoms with Crippen LogP contribution in [0.3, 0.4) is 0 Å². The van der Waals surface area contributed by atoms with Crippen molar-refractivity contribution in [3.63, 3.8) is 0 Å². The standard InChI is InChI=1S/C34H59NO3.C18H39N/c1-7-8-9-10-20-35-32(37)38-30-22-29-27-15-14-25-21-26(36)16-18-33(25,5)28(27)17-19-34(29,6)31(30)24(4)13-11-12-23(2)3;1-2-3-4-5-6-7-8-9-10-11-12-13-14-15-16-17-18-19/h14,23-24,26-31,36H,7-13,15-22H2,1-6H3,(H,35,37);2-19H2,1H3/t24-,26+,27-,28+,29+,30?,31+,33+,34+;/m1./s1. The number of aliphatic hydroxyl groups excluding tert-OH is 1. The summed E-state index contributed by atoms with van der Waals surface area (Å²) in [6, 6.07) is 0. The van der Waals surface area contributed by atoms with Gasteiger partial charge in [0.05, 0.1) is 6.10 Å². The number of amides is 1. The summed E-state index contributed by atoms with van der Waals surface area (Å²) < 4.78 is 6.36. The number of hydrogen-bond acceptors (Lipinski definition) is 4. The third kappa shape index (κ3) is 16.4. The Morgan fingerprint density at radius 3 is 1.89 bits per heavy atom. The molecule has 3 saturated carbocycles. The number of rotatable bonds is 27. The second kappa shape index (κ2) is 27.7. The van der Waals surface area contributed by atoms with Crippen LogP contribution >= 0.6 is 0 Å². The highest BCUT2D eigenvalue weighted by molar-refractivity contribution is 5.67. The topological polar surface area (TPSA) is 84.6 Å². The molecule has 5 nitrogen and oxygen atoms in total. The van der Waals surface area contributed by atoms with E-state index in [-0.39, 0.29) is 29.1 Å². The second-order valence-corrected chi connectivity index (χ2v) is 20.8. The van der Waals surface area contributed by atoms with Crippen molar-refractivity contribution < 1.29 is 14.6 Å². The molecule has 4 aliphatic rings. The van der Waals surface area contributed by atoms with E-state index in [1.807, 2.05) is 0 Å². The van der Waals surface area contributed by atoms with Crippen molar-refractivity contribution in [2.24, 2.45) is 52.1 Å². The van der Waals surface area contributed by atoms with Crippen molar-refractivity contribution in [2.75, 3.05) is 13.1 Å². The number of allylic oxidation sites excluding steroid dienone is 1. The van der Waals surface area contributed by atoms with Crippen LogP contribution in [0.1, 0.15) is 241 Å². The maximum Gasteiger partial charge on any atom is 0.407 e. The summed E-state index contributed by atoms with van der Waals surface area (Å²) in [7, 11) is 0. The highest BCUT2D eigenvalue weighted by atomic mass is 16.6. The largest absolute Gasteiger partial charge is 0.446 e. The molecule has 4 aliphatic carbocycles. The molecule has 0 saturated heterocycles. The van der Waals surface area contributed by atoms with Crippen LogP contribution in [0.15, 0.2) is 11.6 Å². The van der Waals surface area contributed by atoms with Gasteiger partial charge in [0, 0.05) is 12.5 Å². The van der Waals surface area contributed by atoms with Gasteiger partial charge in [-0.3, -0.25) is 0 Å². The van der Waals surface area contributed by atoms with E-state index < -0.39 is 0 Å². The molecule has 0 aromatic rings. The van der Waals surface area contributed by atoms with Crippen molar-refractivity contribution in [1.82, 2.24) is 5.32 Å². The third-order valence-electron chi connectivity index (χ3n) is 15.8. The Bertz CT molecular complexity index is 1080. The molecule has 4 rings (SSSR count). The zero-order valence-corrected chi connectivity index (χ0v) is 39.2. The average Bonchev–Trinajstić information content (AvgIpc) is 3.48. The highest BCUT2D eigenvalue weighted by Crippen LogP contribution is 2.67. The molecule has 1 unspecified atom stereocenters. The molecule has 4 N–H and O–H groups in total. The van der Waals surface area contributed by atoms with Crippen LogP contribution in [0.5, 0.6) is 0 Å². The Labute approximate surface area is 355 Å². The van der Waals surface area contributed by atoms with Crippen LogP contribution < -0.4 is 11.1 Å². The minimum Gasteiger partial charge on any atom is -0.446 e. The number of hydrogen-bond donors (Lipinski definition) is 3. The van der Waals surface area contributed by atoms with Gasteiger partial charge in [-0.05, 0) is 105 Å². The molecule has 0 aliphatic heterocycles. The SMILES string of the molecule is CCCCCCCCCCCCCCCCCCN.CCCCCCNC(=O)OC1C[C@H]2[C@@H]3CC=C4C[C@@H](O)CC[C@]4(C)[C@H]3CC[C@]2(C)[C@H]1[C@H](C)CCCC(C)C. The summed E-state index contributed by atoms with van der Waals surface area (Å²) in [6.45, 7) is 18.3. The minimum absolute atomic E-state index is 0.0276. The average molecular weight is 799 g/mol. The molecular formula is C52H98N2O3. The van der Waals surface area contributed by atoms with Gasteiger partial charge in [0.2, 0.25) is 0 Å². The highest BCUT2D eigenvalue weighted by Gasteiger charge is 2.62. The zero-order chi connectivity index (χ0) is 41.5. The van der Waals surface area contributed by atoms with Crippen LogP contribution in [0, 0.1) is 46.3 Å². The van der Waals surface area contributed by atoms with Gasteiger partial charge in [-0.15, -0.1) is 0 Å². The third-order valence-corrected chi connectivity index (χ3v) is 15.8. The predicted octanol–water partition coefficient (Wildman–Crippen LogP) is 14.9. The second-order valence-electron chi connectivity index (χ2n) is 20.8. The maximum atomic E-state index is 13.0. The van der Waals surface area contributed by atoms with Gasteiger partial charge in [0.1, 0.15) is 6.10 Å². The number of ether oxygens (including phenoxy) is 1. The molecule has 0 spiro atoms. The molecule has 1 amide bonds. The van der Waals surface area contributed by atoms with Gasteiger partial charge in [-0.1, -0.05) is 195 Å². The van der Waals surface area contributed by atoms with Crippen molar-refractivity contribution in [2.45, 2.75) is 253 Å². The maximum absolute atomic E-state index is 13.0. The van der Waals surface area contributed by atoms with Crippen molar-refractivity contribution >= 4 is 6.09 Å². The van der Waals surface area contributed by atoms with E-state index in [4.69, 9.17) is 10.5 Å². The van der Waals surface area contributed by atoms with Crippen LogP contribution in [0.4, 0.5) is 4.79 Å². The Hall–Kier alpha value is -1.07. The lowest BCUT2D eigenvalue weighted by Gasteiger charge is -2.58. The predicted molar refractivity (Wildman–Crippen MR) is 245 cm³/mol. The van der Waals surface area contributed by atoms with Crippen molar-refractivity contribution in [3.05, 3.63) is 11.6 Å². The molecule has 57 heavy (non-hydrogen) atoms. The molecular weight excluding hydrogens is 701 g/mol. The first kappa shape index (κ1) is 50.3. The fourth-order valence-corrected chi connectivity index (χ4v) is 12.4. The fraction of sp³-hybridized carbons (Fsp3) is 0.942. The Morgan fingerprint density at radius 2 is 1.33 bits per heavy atom. The summed E-state index contributed by atoms with van der Waals surface area (Å²) in [5.41, 5.74) is 7.50. The van der Waals surface area contributed by atoms with E-state index in [0.29, 0.717) is 29.6 Å². The Kier molecular flexibility index (Phi) is 24.4. The van der Waals surface area contributed by atoms with Gasteiger partial charge in [-0.25, -0.2) is 4.79 Å². The van der Waals surface area contributed by atoms with E-state index in [2.05, 4.69) is 59.9 Å². The summed E-state index contributed by atoms with van der Waals surface area (Å²) in [4.78, 5) is 13.0. The smallest absolute Gasteiger partial charge is 0.407 e. The number of nitrogens with two attached hydrogens (primary N) is 1. The molecule has 334 valence electrons. The number of aliphatic hydroxyl groups is 1. The van der Waals surface area contributed by atoms with Gasteiger partial charge >= 0.3 is 6.09 Å². The van der Waals surface area contributed by atoms with E-state index in [0.717, 1.165) is 57.5 Å². The molecule has 5 heteroatoms. The molecule has 0 heterocycles. The lowest BCUT2D eigenvalue weighted by atomic mass is 9.47. The molecule has 0 bridgehead atoms. The zero-order valence-electron chi connectivity index (χ0n) is 39.2. The van der Waals surface area contributed by atoms with E-state index >= 15 is 0 Å². The lowest BCUT2D eigenvalue weighted by molar-refractivity contribution is -0.0625. The Balaban J connectivity index is 0.000000388. The summed E-state index contributed by atoms with van der Waals surface area (Å²) >= 11 is 0. The van der Waals surface area contributed by atoms with Gasteiger partial charge in [-0.2, -0.15) is 0 Å². The number of fused-ring (bicyclic) bond motifs is 5. The first-order valence-corrected chi connectivity index (χ1v) is 25.5. The van der Waals surface area contributed by atoms with E-state index in [1.165, 1.54) is 160 Å². The first-order chi connectivity index (χ1) is 27.5. The quantitative estimate of drug-likeness (QED) is 0.0571. The number of nitrogens with one attached hydrogen (secondary N) is 1. The van der Waals surface area contributed by atoms with E-state index in [1.54, 1.807) is 0 Å². The summed E-state index contributed by atoms with van der Waals surface area (Å²) in [5.74, 6) is 3.75. The van der Waals surface area contributed by atoms with Crippen LogP contribution in [-0.2, 0) is 4.74 Å². The first-order valence-electron chi connectivity index (χ1n) is 25.5. The fourth-order valence-electron chi connectivity index (χ4n) is 12.4. The van der Waals surface area contributed by atoms with Gasteiger partial charge in [0.15, 0.2) is 0 Å². The Morgan fingerprint density at radius 1 is 0.772 bits per heavy atom. The van der Waals surface area contributed by atoms with Crippen molar-refractivity contribution in [1.29, 1.82) is 0 Å². The molecule has 0 aromatic carbocycles. The lowest BCUT2D eigenvalue weighted by Crippen LogP contribution is -2.51. The molecule has 0 radical (unpaired) electrons. The number of unbranched alkanes of at least 4 members (excludes halogenated alkanes) is 18.